The molecule has 1 aromatic heterocycles. The number of carboxylic acids is 1. The van der Waals surface area contributed by atoms with Gasteiger partial charge in [-0.05, 0) is 66.8 Å². The number of hydrogen-bond acceptors (Lipinski definition) is 5. The molecule has 1 heterocycles. The molecule has 1 atom stereocenters. The van der Waals surface area contributed by atoms with Gasteiger partial charge in [0, 0.05) is 24.6 Å². The molecule has 0 radical (unpaired) electrons. The van der Waals surface area contributed by atoms with Crippen molar-refractivity contribution in [3.05, 3.63) is 77.6 Å². The van der Waals surface area contributed by atoms with Crippen LogP contribution in [0.15, 0.2) is 60.9 Å². The number of benzene rings is 2. The number of phenols is 1. The average Bonchev–Trinajstić information content (AvgIpc) is 3.01. The molecule has 0 aliphatic carbocycles. The third-order valence-corrected chi connectivity index (χ3v) is 7.19. The van der Waals surface area contributed by atoms with Gasteiger partial charge in [0.1, 0.15) is 5.75 Å². The summed E-state index contributed by atoms with van der Waals surface area (Å²) in [6.45, 7) is 4.31. The number of aromatic nitrogens is 2. The summed E-state index contributed by atoms with van der Waals surface area (Å²) < 4.78 is 44.0. The first kappa shape index (κ1) is 36.7. The molecule has 0 saturated heterocycles. The van der Waals surface area contributed by atoms with Crippen LogP contribution < -0.4 is 0 Å². The molecule has 2 aromatic carbocycles. The van der Waals surface area contributed by atoms with Gasteiger partial charge in [-0.25, -0.2) is 14.8 Å². The lowest BCUT2D eigenvalue weighted by Crippen LogP contribution is -2.24. The third-order valence-electron chi connectivity index (χ3n) is 7.19. The maximum absolute atomic E-state index is 13.0. The Labute approximate surface area is 259 Å². The van der Waals surface area contributed by atoms with E-state index in [1.807, 2.05) is 31.5 Å². The number of aromatic hydroxyl groups is 1. The highest BCUT2D eigenvalue weighted by Gasteiger charge is 2.41. The van der Waals surface area contributed by atoms with E-state index in [-0.39, 0.29) is 23.5 Å². The van der Waals surface area contributed by atoms with Crippen LogP contribution in [-0.2, 0) is 11.2 Å². The number of carboxylic acid groups (broad SMARTS) is 1. The number of nitrogens with zero attached hydrogens (tertiary/aromatic N) is 2. The van der Waals surface area contributed by atoms with E-state index in [0.717, 1.165) is 55.5 Å². The Kier molecular flexibility index (Phi) is 17.1. The van der Waals surface area contributed by atoms with Crippen LogP contribution in [0.25, 0.3) is 11.4 Å². The fourth-order valence-corrected chi connectivity index (χ4v) is 4.62. The molecule has 242 valence electrons. The number of alkyl halides is 3. The third kappa shape index (κ3) is 14.3. The Morgan fingerprint density at radius 2 is 1.30 bits per heavy atom. The number of phenolic OH excluding ortho intramolecular Hbond substituents is 1. The summed E-state index contributed by atoms with van der Waals surface area (Å²) in [5, 5.41) is 18.1. The van der Waals surface area contributed by atoms with Crippen LogP contribution in [0.5, 0.6) is 5.75 Å². The summed E-state index contributed by atoms with van der Waals surface area (Å²) in [6.07, 6.45) is 12.5. The Morgan fingerprint density at radius 3 is 1.82 bits per heavy atom. The first-order valence-corrected chi connectivity index (χ1v) is 15.8. The number of aromatic carboxylic acids is 1. The number of aryl methyl sites for hydroxylation is 1. The van der Waals surface area contributed by atoms with Gasteiger partial charge in [-0.2, -0.15) is 13.2 Å². The molecule has 9 heteroatoms. The molecule has 6 nitrogen and oxygen atoms in total. The van der Waals surface area contributed by atoms with Gasteiger partial charge in [0.25, 0.3) is 0 Å². The number of hydrogen-bond donors (Lipinski definition) is 2. The molecule has 0 fully saturated rings. The quantitative estimate of drug-likeness (QED) is 0.138. The van der Waals surface area contributed by atoms with Crippen molar-refractivity contribution in [2.75, 3.05) is 6.61 Å². The van der Waals surface area contributed by atoms with Gasteiger partial charge in [0.05, 0.1) is 5.56 Å². The van der Waals surface area contributed by atoms with Crippen LogP contribution in [0.3, 0.4) is 0 Å². The molecule has 0 aliphatic heterocycles. The van der Waals surface area contributed by atoms with Crippen LogP contribution >= 0.6 is 0 Å². The summed E-state index contributed by atoms with van der Waals surface area (Å²) in [5.41, 5.74) is 2.01. The first-order valence-electron chi connectivity index (χ1n) is 15.8. The molecular weight excluding hydrogens is 569 g/mol. The van der Waals surface area contributed by atoms with E-state index in [9.17, 15) is 23.1 Å². The highest BCUT2D eigenvalue weighted by molar-refractivity contribution is 5.87. The van der Waals surface area contributed by atoms with E-state index >= 15 is 0 Å². The normalized spacial score (nSPS) is 11.9. The Balaban J connectivity index is 0.000000308. The first-order chi connectivity index (χ1) is 21.2. The minimum Gasteiger partial charge on any atom is -0.508 e. The van der Waals surface area contributed by atoms with Gasteiger partial charge in [0.2, 0.25) is 0 Å². The summed E-state index contributed by atoms with van der Waals surface area (Å²) in [4.78, 5) is 19.6. The van der Waals surface area contributed by atoms with Crippen molar-refractivity contribution in [3.63, 3.8) is 0 Å². The molecular formula is C35H47F3N2O4. The van der Waals surface area contributed by atoms with Gasteiger partial charge < -0.3 is 14.9 Å². The second-order valence-electron chi connectivity index (χ2n) is 11.0. The van der Waals surface area contributed by atoms with Crippen molar-refractivity contribution in [3.8, 4) is 17.1 Å². The topological polar surface area (TPSA) is 92.5 Å². The molecule has 0 bridgehead atoms. The average molecular weight is 617 g/mol. The van der Waals surface area contributed by atoms with E-state index in [1.54, 1.807) is 12.1 Å². The Bertz CT molecular complexity index is 1180. The lowest BCUT2D eigenvalue weighted by molar-refractivity contribution is -0.224. The van der Waals surface area contributed by atoms with Crippen molar-refractivity contribution < 1.29 is 32.9 Å². The van der Waals surface area contributed by atoms with Crippen molar-refractivity contribution in [2.24, 2.45) is 0 Å². The molecule has 1 unspecified atom stereocenters. The fourth-order valence-electron chi connectivity index (χ4n) is 4.62. The standard InChI is InChI=1S/C20H28N2O.C15H19F3O3/c1-2-3-4-5-6-7-8-9-10-17-15-21-20(22-16-17)18-11-13-19(23)14-12-18;1-2-3-4-5-10-21-13(15(16,17)18)11-6-8-12(9-7-11)14(19)20/h11-16,23H,2-10H2,1H3;6-9,13H,2-5,10H2,1H3,(H,19,20). The lowest BCUT2D eigenvalue weighted by atomic mass is 10.1. The van der Waals surface area contributed by atoms with Crippen LogP contribution in [0.2, 0.25) is 0 Å². The molecule has 0 amide bonds. The molecule has 2 N–H and O–H groups in total. The van der Waals surface area contributed by atoms with Gasteiger partial charge in [-0.1, -0.05) is 90.2 Å². The SMILES string of the molecule is CCCCCCCCCCc1cnc(-c2ccc(O)cc2)nc1.CCCCCCOC(c1ccc(C(=O)O)cc1)C(F)(F)F. The molecule has 3 aromatic rings. The van der Waals surface area contributed by atoms with Crippen molar-refractivity contribution >= 4 is 5.97 Å². The van der Waals surface area contributed by atoms with Crippen LogP contribution in [0.1, 0.15) is 118 Å². The summed E-state index contributed by atoms with van der Waals surface area (Å²) >= 11 is 0. The zero-order chi connectivity index (χ0) is 32.2. The van der Waals surface area contributed by atoms with Crippen molar-refractivity contribution in [1.82, 2.24) is 9.97 Å². The maximum atomic E-state index is 13.0. The zero-order valence-corrected chi connectivity index (χ0v) is 26.0. The van der Waals surface area contributed by atoms with E-state index in [4.69, 9.17) is 9.84 Å². The van der Waals surface area contributed by atoms with E-state index in [0.29, 0.717) is 12.2 Å². The molecule has 44 heavy (non-hydrogen) atoms. The predicted octanol–water partition coefficient (Wildman–Crippen LogP) is 10.1. The predicted molar refractivity (Wildman–Crippen MR) is 168 cm³/mol. The highest BCUT2D eigenvalue weighted by atomic mass is 19.4. The van der Waals surface area contributed by atoms with E-state index in [2.05, 4.69) is 16.9 Å². The van der Waals surface area contributed by atoms with Gasteiger partial charge in [-0.15, -0.1) is 0 Å². The number of unbranched alkanes of at least 4 members (excludes halogenated alkanes) is 10. The van der Waals surface area contributed by atoms with Gasteiger partial charge in [0.15, 0.2) is 11.9 Å². The summed E-state index contributed by atoms with van der Waals surface area (Å²) in [7, 11) is 0. The number of ether oxygens (including phenoxy) is 1. The molecule has 0 aliphatic rings. The Morgan fingerprint density at radius 1 is 0.773 bits per heavy atom. The minimum atomic E-state index is -4.52. The van der Waals surface area contributed by atoms with Crippen molar-refractivity contribution in [1.29, 1.82) is 0 Å². The summed E-state index contributed by atoms with van der Waals surface area (Å²) in [5.74, 6) is -0.199. The molecule has 0 spiro atoms. The Hall–Kier alpha value is -3.46. The lowest BCUT2D eigenvalue weighted by Gasteiger charge is -2.21. The number of rotatable bonds is 18. The zero-order valence-electron chi connectivity index (χ0n) is 26.0. The maximum Gasteiger partial charge on any atom is 0.418 e. The smallest absolute Gasteiger partial charge is 0.418 e. The number of halogens is 3. The second-order valence-corrected chi connectivity index (χ2v) is 11.0. The summed E-state index contributed by atoms with van der Waals surface area (Å²) in [6, 6.07) is 11.6. The van der Waals surface area contributed by atoms with Crippen LogP contribution in [-0.4, -0.2) is 38.9 Å². The van der Waals surface area contributed by atoms with E-state index < -0.39 is 18.2 Å². The molecule has 0 saturated carbocycles. The minimum absolute atomic E-state index is 0.0326. The second kappa shape index (κ2) is 20.5. The molecule has 3 rings (SSSR count). The van der Waals surface area contributed by atoms with Gasteiger partial charge >= 0.3 is 12.1 Å². The van der Waals surface area contributed by atoms with Crippen LogP contribution in [0.4, 0.5) is 13.2 Å². The van der Waals surface area contributed by atoms with Gasteiger partial charge in [-0.3, -0.25) is 0 Å². The monoisotopic (exact) mass is 616 g/mol. The largest absolute Gasteiger partial charge is 0.508 e. The highest BCUT2D eigenvalue weighted by Crippen LogP contribution is 2.36. The number of carbonyl (C=O) groups is 1. The van der Waals surface area contributed by atoms with Crippen molar-refractivity contribution in [2.45, 2.75) is 110 Å². The van der Waals surface area contributed by atoms with E-state index in [1.165, 1.54) is 56.9 Å². The van der Waals surface area contributed by atoms with Crippen LogP contribution in [0, 0.1) is 0 Å². The fraction of sp³-hybridized carbons (Fsp3) is 0.514.